The van der Waals surface area contributed by atoms with Crippen molar-refractivity contribution < 1.29 is 5.11 Å². The number of likely N-dealkylation sites (tertiary alicyclic amines) is 1. The smallest absolute Gasteiger partial charge is 0.132 e. The summed E-state index contributed by atoms with van der Waals surface area (Å²) < 4.78 is 0. The average molecular weight is 496 g/mol. The van der Waals surface area contributed by atoms with E-state index in [0.29, 0.717) is 12.1 Å². The molecule has 200 valence electrons. The van der Waals surface area contributed by atoms with Crippen LogP contribution in [0.2, 0.25) is 0 Å². The van der Waals surface area contributed by atoms with E-state index in [4.69, 9.17) is 4.99 Å². The van der Waals surface area contributed by atoms with Crippen molar-refractivity contribution in [2.24, 2.45) is 4.99 Å². The third-order valence-electron chi connectivity index (χ3n) is 8.01. The first-order chi connectivity index (χ1) is 17.5. The molecule has 0 saturated carbocycles. The molecule has 3 aliphatic heterocycles. The zero-order chi connectivity index (χ0) is 26.1. The lowest BCUT2D eigenvalue weighted by Gasteiger charge is -2.49. The van der Waals surface area contributed by atoms with Crippen molar-refractivity contribution in [2.45, 2.75) is 83.9 Å². The van der Waals surface area contributed by atoms with E-state index in [1.54, 1.807) is 0 Å². The first-order valence-electron chi connectivity index (χ1n) is 13.9. The van der Waals surface area contributed by atoms with Crippen LogP contribution >= 0.6 is 0 Å². The lowest BCUT2D eigenvalue weighted by molar-refractivity contribution is -0.0197. The minimum Gasteiger partial charge on any atom is -0.385 e. The summed E-state index contributed by atoms with van der Waals surface area (Å²) in [4.78, 5) is 12.6. The summed E-state index contributed by atoms with van der Waals surface area (Å²) in [6.07, 6.45) is 6.94. The summed E-state index contributed by atoms with van der Waals surface area (Å²) in [5, 5.41) is 14.3. The first-order valence-corrected chi connectivity index (χ1v) is 13.9. The molecule has 2 saturated heterocycles. The van der Waals surface area contributed by atoms with E-state index in [9.17, 15) is 5.11 Å². The molecule has 1 aromatic carbocycles. The van der Waals surface area contributed by atoms with Crippen molar-refractivity contribution in [3.05, 3.63) is 60.2 Å². The molecule has 0 bridgehead atoms. The van der Waals surface area contributed by atoms with Crippen LogP contribution in [0.4, 0.5) is 0 Å². The Morgan fingerprint density at radius 2 is 1.78 bits per heavy atom. The maximum atomic E-state index is 10.9. The van der Waals surface area contributed by atoms with E-state index in [1.165, 1.54) is 37.1 Å². The van der Waals surface area contributed by atoms with Crippen LogP contribution in [0.5, 0.6) is 0 Å². The lowest BCUT2D eigenvalue weighted by Crippen LogP contribution is -2.61. The molecule has 4 atom stereocenters. The molecular formula is C30H49N5O. The minimum atomic E-state index is -0.532. The van der Waals surface area contributed by atoms with E-state index < -0.39 is 6.10 Å². The van der Waals surface area contributed by atoms with Gasteiger partial charge in [-0.2, -0.15) is 0 Å². The molecule has 6 nitrogen and oxygen atoms in total. The van der Waals surface area contributed by atoms with Gasteiger partial charge in [0.1, 0.15) is 12.3 Å². The van der Waals surface area contributed by atoms with Crippen molar-refractivity contribution >= 4 is 6.21 Å². The third kappa shape index (κ3) is 7.36. The van der Waals surface area contributed by atoms with Gasteiger partial charge in [-0.15, -0.1) is 13.2 Å². The number of nitrogens with one attached hydrogen (secondary N) is 1. The molecule has 0 radical (unpaired) electrons. The Morgan fingerprint density at radius 3 is 2.39 bits per heavy atom. The van der Waals surface area contributed by atoms with Crippen LogP contribution in [0.3, 0.4) is 0 Å². The summed E-state index contributed by atoms with van der Waals surface area (Å²) in [6, 6.07) is 10.4. The van der Waals surface area contributed by atoms with Crippen LogP contribution in [-0.4, -0.2) is 95.7 Å². The Bertz CT molecular complexity index is 845. The molecular weight excluding hydrogens is 446 g/mol. The predicted molar refractivity (Wildman–Crippen MR) is 153 cm³/mol. The second-order valence-electron chi connectivity index (χ2n) is 10.4. The van der Waals surface area contributed by atoms with Crippen molar-refractivity contribution in [3.8, 4) is 0 Å². The molecule has 0 aliphatic carbocycles. The summed E-state index contributed by atoms with van der Waals surface area (Å²) in [5.74, 6) is 0. The van der Waals surface area contributed by atoms with Gasteiger partial charge in [-0.3, -0.25) is 19.7 Å². The average Bonchev–Trinajstić information content (AvgIpc) is 2.91. The summed E-state index contributed by atoms with van der Waals surface area (Å²) in [7, 11) is 0. The molecule has 36 heavy (non-hydrogen) atoms. The summed E-state index contributed by atoms with van der Waals surface area (Å²) in [6.45, 7) is 22.1. The maximum absolute atomic E-state index is 10.9. The highest BCUT2D eigenvalue weighted by atomic mass is 16.3. The van der Waals surface area contributed by atoms with E-state index in [2.05, 4.69) is 85.1 Å². The highest BCUT2D eigenvalue weighted by molar-refractivity contribution is 5.81. The number of aliphatic hydroxyl groups excluding tert-OH is 1. The van der Waals surface area contributed by atoms with Gasteiger partial charge in [0.2, 0.25) is 0 Å². The van der Waals surface area contributed by atoms with E-state index in [-0.39, 0.29) is 12.2 Å². The second kappa shape index (κ2) is 14.2. The van der Waals surface area contributed by atoms with Gasteiger partial charge in [0.15, 0.2) is 0 Å². The fourth-order valence-corrected chi connectivity index (χ4v) is 5.91. The number of rotatable bonds is 8. The molecule has 3 heterocycles. The number of aliphatic imine (C=N–C) groups is 1. The number of piperidine rings is 1. The fourth-order valence-electron chi connectivity index (χ4n) is 5.91. The minimum absolute atomic E-state index is 0.148. The SMILES string of the molecule is C=C.CCNC(C)C1=CC(O)C(N2CCN(C3CCN(Cc4ccc(C)cc4)CC3)C(CC)C2)N=C1. The molecule has 1 aromatic rings. The Hall–Kier alpha value is -1.83. The van der Waals surface area contributed by atoms with Gasteiger partial charge < -0.3 is 10.4 Å². The van der Waals surface area contributed by atoms with Crippen molar-refractivity contribution in [1.82, 2.24) is 20.0 Å². The quantitative estimate of drug-likeness (QED) is 0.537. The highest BCUT2D eigenvalue weighted by Gasteiger charge is 2.37. The van der Waals surface area contributed by atoms with Gasteiger partial charge in [-0.05, 0) is 70.0 Å². The van der Waals surface area contributed by atoms with E-state index in [1.807, 2.05) is 12.3 Å². The Kier molecular flexibility index (Phi) is 11.3. The van der Waals surface area contributed by atoms with Crippen LogP contribution in [0.1, 0.15) is 51.2 Å². The molecule has 4 unspecified atom stereocenters. The Morgan fingerprint density at radius 1 is 1.08 bits per heavy atom. The monoisotopic (exact) mass is 495 g/mol. The maximum Gasteiger partial charge on any atom is 0.132 e. The van der Waals surface area contributed by atoms with E-state index >= 15 is 0 Å². The number of nitrogens with zero attached hydrogens (tertiary/aromatic N) is 4. The largest absolute Gasteiger partial charge is 0.385 e. The molecule has 2 N–H and O–H groups in total. The molecule has 4 rings (SSSR count). The van der Waals surface area contributed by atoms with Crippen LogP contribution in [0, 0.1) is 6.92 Å². The molecule has 3 aliphatic rings. The number of dihydropyridines is 1. The normalized spacial score (nSPS) is 27.2. The van der Waals surface area contributed by atoms with Gasteiger partial charge in [0.05, 0.1) is 0 Å². The number of likely N-dealkylation sites (N-methyl/N-ethyl adjacent to an activating group) is 1. The molecule has 2 fully saturated rings. The molecule has 6 heteroatoms. The summed E-state index contributed by atoms with van der Waals surface area (Å²) in [5.41, 5.74) is 3.85. The van der Waals surface area contributed by atoms with Crippen LogP contribution < -0.4 is 5.32 Å². The number of piperazine rings is 1. The predicted octanol–water partition coefficient (Wildman–Crippen LogP) is 3.85. The van der Waals surface area contributed by atoms with Gasteiger partial charge in [0.25, 0.3) is 0 Å². The Labute approximate surface area is 219 Å². The number of aryl methyl sites for hydroxylation is 1. The van der Waals surface area contributed by atoms with Crippen molar-refractivity contribution in [2.75, 3.05) is 39.3 Å². The topological polar surface area (TPSA) is 54.3 Å². The third-order valence-corrected chi connectivity index (χ3v) is 8.01. The standard InChI is InChI=1S/C28H45N5O.C2H4/c1-5-25-20-32(28-27(34)17-24(18-30-28)22(4)29-6-2)15-16-33(25)26-11-13-31(14-12-26)19-23-9-7-21(3)8-10-23;1-2/h7-10,17-18,22,25-29,34H,5-6,11-16,19-20H2,1-4H3;1-2H2. The van der Waals surface area contributed by atoms with Gasteiger partial charge in [0, 0.05) is 50.5 Å². The molecule has 0 aromatic heterocycles. The van der Waals surface area contributed by atoms with Gasteiger partial charge in [-0.1, -0.05) is 43.7 Å². The zero-order valence-electron chi connectivity index (χ0n) is 23.1. The highest BCUT2D eigenvalue weighted by Crippen LogP contribution is 2.27. The van der Waals surface area contributed by atoms with Crippen LogP contribution in [0.15, 0.2) is 54.1 Å². The number of hydrogen-bond donors (Lipinski definition) is 2. The van der Waals surface area contributed by atoms with Crippen molar-refractivity contribution in [3.63, 3.8) is 0 Å². The van der Waals surface area contributed by atoms with E-state index in [0.717, 1.165) is 44.7 Å². The van der Waals surface area contributed by atoms with Crippen LogP contribution in [0.25, 0.3) is 0 Å². The molecule has 0 amide bonds. The van der Waals surface area contributed by atoms with Gasteiger partial charge >= 0.3 is 0 Å². The first kappa shape index (κ1) is 28.7. The number of benzene rings is 1. The number of hydrogen-bond acceptors (Lipinski definition) is 6. The number of aliphatic hydroxyl groups is 1. The van der Waals surface area contributed by atoms with Crippen molar-refractivity contribution in [1.29, 1.82) is 0 Å². The lowest BCUT2D eigenvalue weighted by atomic mass is 9.97. The fraction of sp³-hybridized carbons (Fsp3) is 0.633. The zero-order valence-corrected chi connectivity index (χ0v) is 23.1. The summed E-state index contributed by atoms with van der Waals surface area (Å²) >= 11 is 0. The van der Waals surface area contributed by atoms with Gasteiger partial charge in [-0.25, -0.2) is 0 Å². The Balaban J connectivity index is 0.00000176. The second-order valence-corrected chi connectivity index (χ2v) is 10.4. The van der Waals surface area contributed by atoms with Crippen LogP contribution in [-0.2, 0) is 6.54 Å². The molecule has 0 spiro atoms.